The lowest BCUT2D eigenvalue weighted by Crippen LogP contribution is -2.28. The third-order valence-electron chi connectivity index (χ3n) is 5.14. The first-order valence-corrected chi connectivity index (χ1v) is 11.3. The molecule has 0 aromatic heterocycles. The Kier molecular flexibility index (Phi) is 6.30. The fourth-order valence-electron chi connectivity index (χ4n) is 3.25. The molecule has 3 aromatic carbocycles. The maximum absolute atomic E-state index is 12.7. The number of nitrogens with one attached hydrogen (secondary N) is 1. The van der Waals surface area contributed by atoms with Crippen molar-refractivity contribution in [2.24, 2.45) is 0 Å². The van der Waals surface area contributed by atoms with Crippen molar-refractivity contribution in [1.82, 2.24) is 10.2 Å². The first kappa shape index (κ1) is 20.8. The van der Waals surface area contributed by atoms with Crippen molar-refractivity contribution in [2.45, 2.75) is 30.3 Å². The number of rotatable bonds is 7. The maximum Gasteiger partial charge on any atom is 0.251 e. The molecule has 0 unspecified atom stereocenters. The molecular formula is C24H23ClN2O2S. The summed E-state index contributed by atoms with van der Waals surface area (Å²) in [4.78, 5) is 27.5. The SMILES string of the molecule is CN(Cc1ccc(C(=O)NC2CC2)cc1)C(=O)CSc1cccc2cccc(Cl)c12. The van der Waals surface area contributed by atoms with E-state index in [0.29, 0.717) is 28.9 Å². The van der Waals surface area contributed by atoms with Crippen LogP contribution in [0.4, 0.5) is 0 Å². The summed E-state index contributed by atoms with van der Waals surface area (Å²) in [6.45, 7) is 0.500. The minimum absolute atomic E-state index is 0.0290. The number of amides is 2. The van der Waals surface area contributed by atoms with Crippen LogP contribution in [0.2, 0.25) is 5.02 Å². The molecule has 0 atom stereocenters. The topological polar surface area (TPSA) is 49.4 Å². The third kappa shape index (κ3) is 4.97. The number of thioether (sulfide) groups is 1. The molecule has 30 heavy (non-hydrogen) atoms. The molecule has 1 N–H and O–H groups in total. The summed E-state index contributed by atoms with van der Waals surface area (Å²) >= 11 is 7.88. The zero-order valence-corrected chi connectivity index (χ0v) is 18.3. The van der Waals surface area contributed by atoms with Gasteiger partial charge in [0.25, 0.3) is 5.91 Å². The van der Waals surface area contributed by atoms with Crippen molar-refractivity contribution in [2.75, 3.05) is 12.8 Å². The van der Waals surface area contributed by atoms with Crippen molar-refractivity contribution in [1.29, 1.82) is 0 Å². The fraction of sp³-hybridized carbons (Fsp3) is 0.250. The van der Waals surface area contributed by atoms with Gasteiger partial charge in [-0.15, -0.1) is 11.8 Å². The smallest absolute Gasteiger partial charge is 0.251 e. The summed E-state index contributed by atoms with van der Waals surface area (Å²) in [6, 6.07) is 19.6. The number of benzene rings is 3. The van der Waals surface area contributed by atoms with Crippen molar-refractivity contribution < 1.29 is 9.59 Å². The fourth-order valence-corrected chi connectivity index (χ4v) is 4.64. The molecule has 2 amide bonds. The quantitative estimate of drug-likeness (QED) is 0.520. The molecule has 1 aliphatic rings. The van der Waals surface area contributed by atoms with Gasteiger partial charge in [-0.1, -0.05) is 48.0 Å². The van der Waals surface area contributed by atoms with E-state index in [-0.39, 0.29) is 11.8 Å². The number of carbonyl (C=O) groups is 2. The van der Waals surface area contributed by atoms with E-state index < -0.39 is 0 Å². The van der Waals surface area contributed by atoms with Crippen LogP contribution in [0, 0.1) is 0 Å². The van der Waals surface area contributed by atoms with E-state index in [0.717, 1.165) is 34.1 Å². The Hall–Kier alpha value is -2.50. The highest BCUT2D eigenvalue weighted by Gasteiger charge is 2.23. The van der Waals surface area contributed by atoms with E-state index >= 15 is 0 Å². The molecule has 1 aliphatic carbocycles. The van der Waals surface area contributed by atoms with Crippen LogP contribution < -0.4 is 5.32 Å². The molecule has 4 rings (SSSR count). The van der Waals surface area contributed by atoms with Crippen LogP contribution in [0.3, 0.4) is 0 Å². The molecule has 0 heterocycles. The van der Waals surface area contributed by atoms with Crippen molar-refractivity contribution in [3.05, 3.63) is 76.8 Å². The highest BCUT2D eigenvalue weighted by molar-refractivity contribution is 8.00. The molecule has 6 heteroatoms. The van der Waals surface area contributed by atoms with Gasteiger partial charge in [0.15, 0.2) is 0 Å². The van der Waals surface area contributed by atoms with E-state index in [2.05, 4.69) is 5.32 Å². The predicted octanol–water partition coefficient (Wildman–Crippen LogP) is 5.14. The van der Waals surface area contributed by atoms with Gasteiger partial charge in [-0.25, -0.2) is 0 Å². The van der Waals surface area contributed by atoms with E-state index in [4.69, 9.17) is 11.6 Å². The van der Waals surface area contributed by atoms with Gasteiger partial charge in [-0.3, -0.25) is 9.59 Å². The summed E-state index contributed by atoms with van der Waals surface area (Å²) in [5, 5.41) is 5.74. The normalized spacial score (nSPS) is 13.3. The molecule has 154 valence electrons. The molecule has 0 saturated heterocycles. The Morgan fingerprint density at radius 2 is 1.77 bits per heavy atom. The molecular weight excluding hydrogens is 416 g/mol. The van der Waals surface area contributed by atoms with Gasteiger partial charge in [-0.2, -0.15) is 0 Å². The van der Waals surface area contributed by atoms with Crippen LogP contribution in [0.25, 0.3) is 10.8 Å². The second-order valence-corrected chi connectivity index (χ2v) is 9.00. The standard InChI is InChI=1S/C24H23ClN2O2S/c1-27(14-16-8-10-18(11-9-16)24(29)26-19-12-13-19)22(28)15-30-21-7-3-5-17-4-2-6-20(25)23(17)21/h2-11,19H,12-15H2,1H3,(H,26,29). The Morgan fingerprint density at radius 1 is 1.07 bits per heavy atom. The van der Waals surface area contributed by atoms with Crippen molar-refractivity contribution >= 4 is 45.9 Å². The number of hydrogen-bond acceptors (Lipinski definition) is 3. The highest BCUT2D eigenvalue weighted by Crippen LogP contribution is 2.33. The Morgan fingerprint density at radius 3 is 2.47 bits per heavy atom. The summed E-state index contributed by atoms with van der Waals surface area (Å²) in [5.74, 6) is 0.348. The first-order valence-electron chi connectivity index (χ1n) is 9.95. The van der Waals surface area contributed by atoms with Crippen molar-refractivity contribution in [3.8, 4) is 0 Å². The van der Waals surface area contributed by atoms with Crippen LogP contribution in [0.1, 0.15) is 28.8 Å². The number of hydrogen-bond donors (Lipinski definition) is 1. The minimum Gasteiger partial charge on any atom is -0.349 e. The van der Waals surface area contributed by atoms with Crippen molar-refractivity contribution in [3.63, 3.8) is 0 Å². The van der Waals surface area contributed by atoms with E-state index in [9.17, 15) is 9.59 Å². The highest BCUT2D eigenvalue weighted by atomic mass is 35.5. The van der Waals surface area contributed by atoms with Gasteiger partial charge >= 0.3 is 0 Å². The predicted molar refractivity (Wildman–Crippen MR) is 123 cm³/mol. The molecule has 0 spiro atoms. The molecule has 1 fully saturated rings. The van der Waals surface area contributed by atoms with E-state index in [1.165, 1.54) is 11.8 Å². The largest absolute Gasteiger partial charge is 0.349 e. The van der Waals surface area contributed by atoms with E-state index in [1.807, 2.05) is 60.7 Å². The Bertz CT molecular complexity index is 1080. The summed E-state index contributed by atoms with van der Waals surface area (Å²) < 4.78 is 0. The zero-order chi connectivity index (χ0) is 21.1. The van der Waals surface area contributed by atoms with Crippen LogP contribution >= 0.6 is 23.4 Å². The van der Waals surface area contributed by atoms with Gasteiger partial charge in [0.05, 0.1) is 5.75 Å². The lowest BCUT2D eigenvalue weighted by atomic mass is 10.1. The van der Waals surface area contributed by atoms with E-state index in [1.54, 1.807) is 11.9 Å². The molecule has 3 aromatic rings. The zero-order valence-electron chi connectivity index (χ0n) is 16.7. The van der Waals surface area contributed by atoms with Gasteiger partial charge in [0.1, 0.15) is 0 Å². The molecule has 0 radical (unpaired) electrons. The summed E-state index contributed by atoms with van der Waals surface area (Å²) in [7, 11) is 1.80. The number of carbonyl (C=O) groups excluding carboxylic acids is 2. The van der Waals surface area contributed by atoms with Gasteiger partial charge in [-0.05, 0) is 48.1 Å². The molecule has 4 nitrogen and oxygen atoms in total. The van der Waals surface area contributed by atoms with Gasteiger partial charge in [0, 0.05) is 40.5 Å². The Labute approximate surface area is 185 Å². The number of fused-ring (bicyclic) bond motifs is 1. The third-order valence-corrected chi connectivity index (χ3v) is 6.50. The average Bonchev–Trinajstić information content (AvgIpc) is 3.56. The summed E-state index contributed by atoms with van der Waals surface area (Å²) in [6.07, 6.45) is 2.14. The molecule has 0 aliphatic heterocycles. The molecule has 1 saturated carbocycles. The van der Waals surface area contributed by atoms with Gasteiger partial charge < -0.3 is 10.2 Å². The maximum atomic E-state index is 12.7. The van der Waals surface area contributed by atoms with Gasteiger partial charge in [0.2, 0.25) is 5.91 Å². The average molecular weight is 439 g/mol. The lowest BCUT2D eigenvalue weighted by molar-refractivity contribution is -0.127. The minimum atomic E-state index is -0.0290. The van der Waals surface area contributed by atoms with Crippen LogP contribution in [0.5, 0.6) is 0 Å². The van der Waals surface area contributed by atoms with Crippen LogP contribution in [0.15, 0.2) is 65.6 Å². The monoisotopic (exact) mass is 438 g/mol. The molecule has 0 bridgehead atoms. The number of halogens is 1. The summed E-state index contributed by atoms with van der Waals surface area (Å²) in [5.41, 5.74) is 1.65. The Balaban J connectivity index is 1.34. The lowest BCUT2D eigenvalue weighted by Gasteiger charge is -2.18. The van der Waals surface area contributed by atoms with Crippen LogP contribution in [-0.4, -0.2) is 35.6 Å². The van der Waals surface area contributed by atoms with Crippen LogP contribution in [-0.2, 0) is 11.3 Å². The number of nitrogens with zero attached hydrogens (tertiary/aromatic N) is 1. The first-order chi connectivity index (χ1) is 14.5. The second-order valence-electron chi connectivity index (χ2n) is 7.58. The second kappa shape index (κ2) is 9.11.